The van der Waals surface area contributed by atoms with Crippen molar-refractivity contribution in [2.75, 3.05) is 26.0 Å². The van der Waals surface area contributed by atoms with Crippen molar-refractivity contribution in [2.24, 2.45) is 0 Å². The lowest BCUT2D eigenvalue weighted by molar-refractivity contribution is -0.384. The number of nitro benzene ring substituents is 1. The van der Waals surface area contributed by atoms with Gasteiger partial charge in [0.25, 0.3) is 5.69 Å². The van der Waals surface area contributed by atoms with E-state index in [0.29, 0.717) is 5.75 Å². The molecule has 0 spiro atoms. The molecule has 1 aromatic carbocycles. The fourth-order valence-electron chi connectivity index (χ4n) is 1.64. The summed E-state index contributed by atoms with van der Waals surface area (Å²) in [6.45, 7) is 1.22. The topological polar surface area (TPSA) is 122 Å². The number of rotatable bonds is 7. The molecule has 9 nitrogen and oxygen atoms in total. The first kappa shape index (κ1) is 17.4. The van der Waals surface area contributed by atoms with E-state index in [1.807, 2.05) is 0 Å². The van der Waals surface area contributed by atoms with Crippen LogP contribution in [0.2, 0.25) is 0 Å². The number of amides is 1. The fraction of sp³-hybridized carbons (Fsp3) is 0.385. The lowest BCUT2D eigenvalue weighted by atomic mass is 10.2. The molecule has 9 heteroatoms. The molecule has 1 rings (SSSR count). The van der Waals surface area contributed by atoms with Crippen LogP contribution in [0.5, 0.6) is 5.75 Å². The molecule has 1 aromatic rings. The molecule has 0 saturated carbocycles. The number of ether oxygens (including phenoxy) is 1. The number of carboxylic acids is 1. The van der Waals surface area contributed by atoms with Gasteiger partial charge in [0, 0.05) is 0 Å². The molecule has 0 aliphatic carbocycles. The molecule has 1 amide bonds. The average Bonchev–Trinajstić information content (AvgIpc) is 2.46. The number of nitrogens with zero attached hydrogens (tertiary/aromatic N) is 2. The van der Waals surface area contributed by atoms with Gasteiger partial charge >= 0.3 is 5.97 Å². The quantitative estimate of drug-likeness (QED) is 0.567. The number of nitrogens with one attached hydrogen (secondary N) is 1. The van der Waals surface area contributed by atoms with Crippen LogP contribution in [0.25, 0.3) is 0 Å². The fourth-order valence-corrected chi connectivity index (χ4v) is 1.64. The number of anilines is 1. The number of nitro groups is 1. The highest BCUT2D eigenvalue weighted by atomic mass is 16.6. The van der Waals surface area contributed by atoms with Crippen LogP contribution in [0.1, 0.15) is 6.92 Å². The van der Waals surface area contributed by atoms with Crippen LogP contribution in [0.15, 0.2) is 18.2 Å². The summed E-state index contributed by atoms with van der Waals surface area (Å²) < 4.78 is 4.90. The van der Waals surface area contributed by atoms with E-state index in [0.717, 1.165) is 0 Å². The van der Waals surface area contributed by atoms with Gasteiger partial charge in [-0.05, 0) is 26.1 Å². The van der Waals surface area contributed by atoms with E-state index < -0.39 is 22.8 Å². The molecule has 0 aliphatic heterocycles. The summed E-state index contributed by atoms with van der Waals surface area (Å²) in [5.41, 5.74) is -0.284. The predicted octanol–water partition coefficient (Wildman–Crippen LogP) is 0.947. The van der Waals surface area contributed by atoms with Crippen molar-refractivity contribution in [3.05, 3.63) is 28.3 Å². The summed E-state index contributed by atoms with van der Waals surface area (Å²) in [6, 6.07) is 3.18. The van der Waals surface area contributed by atoms with Gasteiger partial charge in [0.05, 0.1) is 24.6 Å². The summed E-state index contributed by atoms with van der Waals surface area (Å²) in [5, 5.41) is 22.3. The third-order valence-electron chi connectivity index (χ3n) is 3.09. The highest BCUT2D eigenvalue weighted by Gasteiger charge is 2.21. The van der Waals surface area contributed by atoms with Crippen molar-refractivity contribution in [3.8, 4) is 5.75 Å². The summed E-state index contributed by atoms with van der Waals surface area (Å²) >= 11 is 0. The number of methoxy groups -OCH3 is 1. The summed E-state index contributed by atoms with van der Waals surface area (Å²) in [5.74, 6) is -1.32. The first-order valence-electron chi connectivity index (χ1n) is 6.31. The minimum atomic E-state index is -1.06. The molecule has 0 aromatic heterocycles. The highest BCUT2D eigenvalue weighted by Crippen LogP contribution is 2.28. The summed E-state index contributed by atoms with van der Waals surface area (Å²) in [7, 11) is 2.85. The Hall–Kier alpha value is -2.68. The van der Waals surface area contributed by atoms with Crippen molar-refractivity contribution in [1.29, 1.82) is 0 Å². The number of carbonyl (C=O) groups excluding carboxylic acids is 1. The molecule has 2 N–H and O–H groups in total. The van der Waals surface area contributed by atoms with Crippen LogP contribution in [-0.2, 0) is 9.59 Å². The molecule has 0 bridgehead atoms. The van der Waals surface area contributed by atoms with Gasteiger partial charge in [-0.1, -0.05) is 0 Å². The maximum absolute atomic E-state index is 11.9. The molecule has 0 saturated heterocycles. The van der Waals surface area contributed by atoms with Gasteiger partial charge in [-0.3, -0.25) is 24.6 Å². The van der Waals surface area contributed by atoms with Crippen molar-refractivity contribution in [3.63, 3.8) is 0 Å². The highest BCUT2D eigenvalue weighted by molar-refractivity contribution is 5.94. The molecule has 1 atom stereocenters. The van der Waals surface area contributed by atoms with E-state index in [-0.39, 0.29) is 17.9 Å². The Bertz CT molecular complexity index is 589. The minimum Gasteiger partial charge on any atom is -0.496 e. The van der Waals surface area contributed by atoms with E-state index in [4.69, 9.17) is 9.84 Å². The van der Waals surface area contributed by atoms with Crippen LogP contribution in [0.3, 0.4) is 0 Å². The number of hydrogen-bond acceptors (Lipinski definition) is 6. The Balaban J connectivity index is 2.84. The number of carboxylic acid groups (broad SMARTS) is 1. The van der Waals surface area contributed by atoms with E-state index in [2.05, 4.69) is 5.32 Å². The van der Waals surface area contributed by atoms with E-state index in [9.17, 15) is 19.7 Å². The molecular formula is C13H17N3O6. The van der Waals surface area contributed by atoms with Gasteiger partial charge in [0.15, 0.2) is 0 Å². The second-order valence-electron chi connectivity index (χ2n) is 4.62. The lowest BCUT2D eigenvalue weighted by Gasteiger charge is -2.20. The number of likely N-dealkylation sites (N-methyl/N-ethyl adjacent to an activating group) is 1. The van der Waals surface area contributed by atoms with Crippen LogP contribution in [0, 0.1) is 10.1 Å². The molecule has 0 aliphatic rings. The Morgan fingerprint density at radius 1 is 1.50 bits per heavy atom. The first-order valence-corrected chi connectivity index (χ1v) is 6.31. The van der Waals surface area contributed by atoms with Crippen molar-refractivity contribution in [1.82, 2.24) is 4.90 Å². The van der Waals surface area contributed by atoms with Gasteiger partial charge in [0.2, 0.25) is 5.91 Å². The number of hydrogen-bond donors (Lipinski definition) is 2. The molecule has 120 valence electrons. The smallest absolute Gasteiger partial charge is 0.320 e. The lowest BCUT2D eigenvalue weighted by Crippen LogP contribution is -2.40. The zero-order valence-corrected chi connectivity index (χ0v) is 12.4. The number of carbonyl (C=O) groups is 2. The molecule has 0 heterocycles. The third kappa shape index (κ3) is 4.42. The Morgan fingerprint density at radius 2 is 2.14 bits per heavy atom. The van der Waals surface area contributed by atoms with Crippen molar-refractivity contribution >= 4 is 23.3 Å². The van der Waals surface area contributed by atoms with Crippen molar-refractivity contribution < 1.29 is 24.4 Å². The van der Waals surface area contributed by atoms with Gasteiger partial charge in [0.1, 0.15) is 17.5 Å². The number of benzene rings is 1. The molecule has 0 fully saturated rings. The molecular weight excluding hydrogens is 294 g/mol. The van der Waals surface area contributed by atoms with Crippen LogP contribution < -0.4 is 10.1 Å². The van der Waals surface area contributed by atoms with Gasteiger partial charge < -0.3 is 15.2 Å². The minimum absolute atomic E-state index is 0.0205. The second-order valence-corrected chi connectivity index (χ2v) is 4.62. The predicted molar refractivity (Wildman–Crippen MR) is 78.0 cm³/mol. The van der Waals surface area contributed by atoms with Crippen LogP contribution in [-0.4, -0.2) is 53.6 Å². The SMILES string of the molecule is COc1ccc(NC(=O)CN(C)C(C)C(=O)O)c([N+](=O)[O-])c1. The zero-order chi connectivity index (χ0) is 16.9. The number of aliphatic carboxylic acids is 1. The van der Waals surface area contributed by atoms with E-state index in [1.54, 1.807) is 0 Å². The Kier molecular flexibility index (Phi) is 5.81. The molecule has 0 radical (unpaired) electrons. The normalized spacial score (nSPS) is 11.8. The summed E-state index contributed by atoms with van der Waals surface area (Å²) in [4.78, 5) is 34.4. The largest absolute Gasteiger partial charge is 0.496 e. The average molecular weight is 311 g/mol. The monoisotopic (exact) mass is 311 g/mol. The Labute approximate surface area is 126 Å². The second kappa shape index (κ2) is 7.36. The maximum Gasteiger partial charge on any atom is 0.320 e. The van der Waals surface area contributed by atoms with Crippen molar-refractivity contribution in [2.45, 2.75) is 13.0 Å². The Morgan fingerprint density at radius 3 is 2.64 bits per heavy atom. The van der Waals surface area contributed by atoms with Gasteiger partial charge in [-0.2, -0.15) is 0 Å². The van der Waals surface area contributed by atoms with E-state index in [1.165, 1.54) is 44.2 Å². The first-order chi connectivity index (χ1) is 10.3. The third-order valence-corrected chi connectivity index (χ3v) is 3.09. The van der Waals surface area contributed by atoms with Crippen LogP contribution >= 0.6 is 0 Å². The summed E-state index contributed by atoms with van der Waals surface area (Å²) in [6.07, 6.45) is 0. The molecule has 22 heavy (non-hydrogen) atoms. The zero-order valence-electron chi connectivity index (χ0n) is 12.4. The molecule has 1 unspecified atom stereocenters. The maximum atomic E-state index is 11.9. The van der Waals surface area contributed by atoms with Crippen LogP contribution in [0.4, 0.5) is 11.4 Å². The standard InChI is InChI=1S/C13H17N3O6/c1-8(13(18)19)15(2)7-12(17)14-10-5-4-9(22-3)6-11(10)16(20)21/h4-6,8H,7H2,1-3H3,(H,14,17)(H,18,19). The van der Waals surface area contributed by atoms with Gasteiger partial charge in [-0.15, -0.1) is 0 Å². The van der Waals surface area contributed by atoms with E-state index >= 15 is 0 Å². The van der Waals surface area contributed by atoms with Gasteiger partial charge in [-0.25, -0.2) is 0 Å².